The highest BCUT2D eigenvalue weighted by molar-refractivity contribution is 7.09. The lowest BCUT2D eigenvalue weighted by molar-refractivity contribution is -0.118. The number of amides is 1. The molecule has 0 bridgehead atoms. The van der Waals surface area contributed by atoms with Crippen LogP contribution in [0.5, 0.6) is 0 Å². The molecule has 1 aliphatic rings. The van der Waals surface area contributed by atoms with Gasteiger partial charge in [-0.15, -0.1) is 11.3 Å². The molecule has 2 rings (SSSR count). The number of aliphatic hydroxyl groups is 1. The van der Waals surface area contributed by atoms with Gasteiger partial charge in [0.15, 0.2) is 0 Å². The molecule has 2 N–H and O–H groups in total. The van der Waals surface area contributed by atoms with E-state index in [4.69, 9.17) is 4.74 Å². The summed E-state index contributed by atoms with van der Waals surface area (Å²) in [6, 6.07) is 0. The summed E-state index contributed by atoms with van der Waals surface area (Å²) >= 11 is 1.54. The van der Waals surface area contributed by atoms with Gasteiger partial charge in [0.1, 0.15) is 5.60 Å². The van der Waals surface area contributed by atoms with E-state index < -0.39 is 5.60 Å². The van der Waals surface area contributed by atoms with Crippen LogP contribution in [0.2, 0.25) is 0 Å². The first-order chi connectivity index (χ1) is 8.99. The van der Waals surface area contributed by atoms with Gasteiger partial charge >= 0.3 is 0 Å². The highest BCUT2D eigenvalue weighted by atomic mass is 32.1. The van der Waals surface area contributed by atoms with Crippen molar-refractivity contribution in [2.45, 2.75) is 32.0 Å². The quantitative estimate of drug-likeness (QED) is 0.812. The molecule has 0 radical (unpaired) electrons. The first-order valence-electron chi connectivity index (χ1n) is 6.22. The molecule has 2 heterocycles. The smallest absolute Gasteiger partial charge is 0.244 e. The molecule has 1 saturated heterocycles. The van der Waals surface area contributed by atoms with E-state index in [1.165, 1.54) is 17.4 Å². The van der Waals surface area contributed by atoms with Crippen molar-refractivity contribution in [2.75, 3.05) is 13.2 Å². The summed E-state index contributed by atoms with van der Waals surface area (Å²) in [6.07, 6.45) is 3.39. The molecule has 1 aromatic rings. The fraction of sp³-hybridized carbons (Fsp3) is 0.538. The first kappa shape index (κ1) is 14.2. The van der Waals surface area contributed by atoms with Gasteiger partial charge in [-0.25, -0.2) is 4.98 Å². The normalized spacial score (nSPS) is 27.0. The van der Waals surface area contributed by atoms with Gasteiger partial charge in [-0.2, -0.15) is 0 Å². The number of hydrogen-bond donors (Lipinski definition) is 2. The van der Waals surface area contributed by atoms with E-state index in [9.17, 15) is 9.90 Å². The summed E-state index contributed by atoms with van der Waals surface area (Å²) in [4.78, 5) is 15.9. The Balaban J connectivity index is 1.83. The van der Waals surface area contributed by atoms with Crippen LogP contribution in [0.1, 0.15) is 24.0 Å². The Morgan fingerprint density at radius 3 is 3.16 bits per heavy atom. The van der Waals surface area contributed by atoms with Crippen molar-refractivity contribution in [3.05, 3.63) is 22.2 Å². The standard InChI is InChI=1S/C13H18N2O3S/c1-9-13(17,5-6-18-9)8-14-12(16)4-3-11-7-19-10(2)15-11/h3-4,7,9,17H,5-6,8H2,1-2H3,(H,14,16)/b4-3+. The monoisotopic (exact) mass is 282 g/mol. The fourth-order valence-corrected chi connectivity index (χ4v) is 2.50. The van der Waals surface area contributed by atoms with Crippen LogP contribution in [-0.2, 0) is 9.53 Å². The van der Waals surface area contributed by atoms with Gasteiger partial charge < -0.3 is 15.2 Å². The molecule has 6 heteroatoms. The van der Waals surface area contributed by atoms with Gasteiger partial charge in [-0.1, -0.05) is 0 Å². The zero-order valence-electron chi connectivity index (χ0n) is 11.0. The summed E-state index contributed by atoms with van der Waals surface area (Å²) in [6.45, 7) is 4.46. The molecule has 104 valence electrons. The summed E-state index contributed by atoms with van der Waals surface area (Å²) in [5.41, 5.74) is -0.185. The number of aryl methyl sites for hydroxylation is 1. The molecule has 0 spiro atoms. The Morgan fingerprint density at radius 1 is 1.79 bits per heavy atom. The maximum atomic E-state index is 11.7. The predicted molar refractivity (Wildman–Crippen MR) is 73.9 cm³/mol. The zero-order chi connectivity index (χ0) is 13.9. The summed E-state index contributed by atoms with van der Waals surface area (Å²) < 4.78 is 5.30. The van der Waals surface area contributed by atoms with Crippen LogP contribution in [0.15, 0.2) is 11.5 Å². The van der Waals surface area contributed by atoms with Gasteiger partial charge in [0.05, 0.1) is 16.8 Å². The number of nitrogens with one attached hydrogen (secondary N) is 1. The summed E-state index contributed by atoms with van der Waals surface area (Å²) in [5, 5.41) is 15.8. The average Bonchev–Trinajstić information content (AvgIpc) is 2.92. The topological polar surface area (TPSA) is 71.5 Å². The number of carbonyl (C=O) groups excluding carboxylic acids is 1. The Kier molecular flexibility index (Phi) is 4.34. The Labute approximate surface area is 116 Å². The lowest BCUT2D eigenvalue weighted by atomic mass is 9.97. The van der Waals surface area contributed by atoms with Crippen molar-refractivity contribution in [1.82, 2.24) is 10.3 Å². The minimum atomic E-state index is -0.958. The third kappa shape index (κ3) is 3.62. The van der Waals surface area contributed by atoms with E-state index in [0.29, 0.717) is 13.0 Å². The molecule has 2 atom stereocenters. The second-order valence-electron chi connectivity index (χ2n) is 4.71. The molecule has 19 heavy (non-hydrogen) atoms. The average molecular weight is 282 g/mol. The minimum Gasteiger partial charge on any atom is -0.385 e. The predicted octanol–water partition coefficient (Wildman–Crippen LogP) is 1.12. The SMILES string of the molecule is Cc1nc(/C=C/C(=O)NCC2(O)CCOC2C)cs1. The lowest BCUT2D eigenvalue weighted by Gasteiger charge is -2.25. The lowest BCUT2D eigenvalue weighted by Crippen LogP contribution is -2.47. The van der Waals surface area contributed by atoms with Crippen LogP contribution in [0.25, 0.3) is 6.08 Å². The number of hydrogen-bond acceptors (Lipinski definition) is 5. The van der Waals surface area contributed by atoms with Crippen LogP contribution in [0.3, 0.4) is 0 Å². The van der Waals surface area contributed by atoms with Crippen molar-refractivity contribution in [1.29, 1.82) is 0 Å². The molecular weight excluding hydrogens is 264 g/mol. The van der Waals surface area contributed by atoms with E-state index in [-0.39, 0.29) is 18.6 Å². The number of carbonyl (C=O) groups is 1. The molecule has 1 aliphatic heterocycles. The van der Waals surface area contributed by atoms with Crippen LogP contribution < -0.4 is 5.32 Å². The first-order valence-corrected chi connectivity index (χ1v) is 7.09. The van der Waals surface area contributed by atoms with Gasteiger partial charge in [-0.3, -0.25) is 4.79 Å². The van der Waals surface area contributed by atoms with Gasteiger partial charge in [0, 0.05) is 31.0 Å². The third-order valence-electron chi connectivity index (χ3n) is 3.27. The van der Waals surface area contributed by atoms with Crippen molar-refractivity contribution >= 4 is 23.3 Å². The van der Waals surface area contributed by atoms with Crippen LogP contribution in [0.4, 0.5) is 0 Å². The largest absolute Gasteiger partial charge is 0.385 e. The molecule has 1 aromatic heterocycles. The van der Waals surface area contributed by atoms with Gasteiger partial charge in [0.2, 0.25) is 5.91 Å². The van der Waals surface area contributed by atoms with Crippen molar-refractivity contribution in [3.63, 3.8) is 0 Å². The van der Waals surface area contributed by atoms with Crippen molar-refractivity contribution in [2.24, 2.45) is 0 Å². The third-order valence-corrected chi connectivity index (χ3v) is 4.06. The molecule has 0 saturated carbocycles. The zero-order valence-corrected chi connectivity index (χ0v) is 11.9. The minimum absolute atomic E-state index is 0.202. The Morgan fingerprint density at radius 2 is 2.58 bits per heavy atom. The second kappa shape index (κ2) is 5.81. The maximum Gasteiger partial charge on any atom is 0.244 e. The maximum absolute atomic E-state index is 11.7. The molecule has 2 unspecified atom stereocenters. The summed E-state index contributed by atoms with van der Waals surface area (Å²) in [5.74, 6) is -0.238. The van der Waals surface area contributed by atoms with E-state index in [0.717, 1.165) is 10.7 Å². The Bertz CT molecular complexity index is 486. The van der Waals surface area contributed by atoms with Crippen molar-refractivity contribution in [3.8, 4) is 0 Å². The van der Waals surface area contributed by atoms with Crippen LogP contribution >= 0.6 is 11.3 Å². The number of ether oxygens (including phenoxy) is 1. The molecule has 5 nitrogen and oxygen atoms in total. The fourth-order valence-electron chi connectivity index (χ4n) is 1.92. The second-order valence-corrected chi connectivity index (χ2v) is 5.77. The number of rotatable bonds is 4. The van der Waals surface area contributed by atoms with Crippen LogP contribution in [-0.4, -0.2) is 40.9 Å². The molecule has 1 amide bonds. The highest BCUT2D eigenvalue weighted by Crippen LogP contribution is 2.24. The summed E-state index contributed by atoms with van der Waals surface area (Å²) in [7, 11) is 0. The highest BCUT2D eigenvalue weighted by Gasteiger charge is 2.39. The molecule has 1 fully saturated rings. The number of aromatic nitrogens is 1. The van der Waals surface area contributed by atoms with Gasteiger partial charge in [-0.05, 0) is 19.9 Å². The molecule has 0 aromatic carbocycles. The van der Waals surface area contributed by atoms with E-state index in [1.54, 1.807) is 6.08 Å². The number of nitrogens with zero attached hydrogens (tertiary/aromatic N) is 1. The van der Waals surface area contributed by atoms with Crippen LogP contribution in [0, 0.1) is 6.92 Å². The Hall–Kier alpha value is -1.24. The molecule has 0 aliphatic carbocycles. The molecular formula is C13H18N2O3S. The van der Waals surface area contributed by atoms with Gasteiger partial charge in [0.25, 0.3) is 0 Å². The van der Waals surface area contributed by atoms with E-state index in [2.05, 4.69) is 10.3 Å². The van der Waals surface area contributed by atoms with E-state index in [1.807, 2.05) is 19.2 Å². The van der Waals surface area contributed by atoms with E-state index >= 15 is 0 Å². The number of thiazole rings is 1. The van der Waals surface area contributed by atoms with Crippen molar-refractivity contribution < 1.29 is 14.6 Å².